The summed E-state index contributed by atoms with van der Waals surface area (Å²) in [6.07, 6.45) is 3.04. The lowest BCUT2D eigenvalue weighted by molar-refractivity contribution is 0.0838. The van der Waals surface area contributed by atoms with Gasteiger partial charge >= 0.3 is 0 Å². The zero-order chi connectivity index (χ0) is 8.48. The Morgan fingerprint density at radius 1 is 1.36 bits per heavy atom. The highest BCUT2D eigenvalue weighted by Gasteiger charge is 2.47. The average Bonchev–Trinajstić information content (AvgIpc) is 2.69. The first-order valence-electron chi connectivity index (χ1n) is 4.39. The fraction of sp³-hybridized carbons (Fsp3) is 1.00. The molecule has 0 heterocycles. The monoisotopic (exact) mass is 158 g/mol. The Bertz CT molecular complexity index is 128. The minimum Gasteiger partial charge on any atom is -0.396 e. The highest BCUT2D eigenvalue weighted by atomic mass is 16.3. The van der Waals surface area contributed by atoms with Crippen LogP contribution >= 0.6 is 0 Å². The second kappa shape index (κ2) is 3.11. The van der Waals surface area contributed by atoms with Crippen LogP contribution in [0.25, 0.3) is 0 Å². The fourth-order valence-corrected chi connectivity index (χ4v) is 1.71. The molecule has 2 atom stereocenters. The van der Waals surface area contributed by atoms with Gasteiger partial charge in [-0.25, -0.2) is 0 Å². The smallest absolute Gasteiger partial charge is 0.0568 e. The molecule has 0 radical (unpaired) electrons. The van der Waals surface area contributed by atoms with Gasteiger partial charge in [-0.05, 0) is 37.5 Å². The first-order chi connectivity index (χ1) is 5.10. The van der Waals surface area contributed by atoms with Gasteiger partial charge in [-0.15, -0.1) is 0 Å². The van der Waals surface area contributed by atoms with Crippen molar-refractivity contribution in [1.82, 2.24) is 0 Å². The molecule has 2 N–H and O–H groups in total. The van der Waals surface area contributed by atoms with Crippen LogP contribution in [0.15, 0.2) is 0 Å². The van der Waals surface area contributed by atoms with Crippen molar-refractivity contribution < 1.29 is 10.2 Å². The highest BCUT2D eigenvalue weighted by molar-refractivity contribution is 4.97. The quantitative estimate of drug-likeness (QED) is 0.644. The predicted octanol–water partition coefficient (Wildman–Crippen LogP) is 1.17. The normalized spacial score (nSPS) is 26.2. The van der Waals surface area contributed by atoms with Gasteiger partial charge < -0.3 is 10.2 Å². The van der Waals surface area contributed by atoms with Gasteiger partial charge in [-0.2, -0.15) is 0 Å². The van der Waals surface area contributed by atoms with E-state index in [9.17, 15) is 5.11 Å². The Morgan fingerprint density at radius 2 is 1.91 bits per heavy atom. The second-order valence-corrected chi connectivity index (χ2v) is 4.03. The van der Waals surface area contributed by atoms with E-state index in [1.807, 2.05) is 13.8 Å². The molecule has 1 rings (SSSR count). The topological polar surface area (TPSA) is 40.5 Å². The van der Waals surface area contributed by atoms with E-state index in [4.69, 9.17) is 5.11 Å². The lowest BCUT2D eigenvalue weighted by Gasteiger charge is -2.21. The Morgan fingerprint density at radius 3 is 2.18 bits per heavy atom. The zero-order valence-electron chi connectivity index (χ0n) is 7.38. The molecule has 0 spiro atoms. The fourth-order valence-electron chi connectivity index (χ4n) is 1.71. The lowest BCUT2D eigenvalue weighted by atomic mass is 9.89. The number of hydrogen-bond donors (Lipinski definition) is 2. The maximum absolute atomic E-state index is 9.41. The minimum atomic E-state index is -0.198. The molecule has 1 aliphatic carbocycles. The summed E-state index contributed by atoms with van der Waals surface area (Å²) in [6, 6.07) is 0. The van der Waals surface area contributed by atoms with Gasteiger partial charge in [0.2, 0.25) is 0 Å². The van der Waals surface area contributed by atoms with Crippen LogP contribution < -0.4 is 0 Å². The second-order valence-electron chi connectivity index (χ2n) is 4.03. The summed E-state index contributed by atoms with van der Waals surface area (Å²) >= 11 is 0. The van der Waals surface area contributed by atoms with Crippen LogP contribution in [0.5, 0.6) is 0 Å². The summed E-state index contributed by atoms with van der Waals surface area (Å²) in [6.45, 7) is 4.13. The average molecular weight is 158 g/mol. The van der Waals surface area contributed by atoms with Crippen LogP contribution in [0.1, 0.15) is 33.1 Å². The third-order valence-electron chi connectivity index (χ3n) is 2.85. The van der Waals surface area contributed by atoms with Crippen molar-refractivity contribution in [3.05, 3.63) is 0 Å². The Balaban J connectivity index is 2.35. The third kappa shape index (κ3) is 1.94. The summed E-state index contributed by atoms with van der Waals surface area (Å²) in [4.78, 5) is 0. The number of aliphatic hydroxyl groups excluding tert-OH is 2. The maximum atomic E-state index is 9.41. The van der Waals surface area contributed by atoms with E-state index in [1.54, 1.807) is 0 Å². The number of aliphatic hydroxyl groups is 2. The maximum Gasteiger partial charge on any atom is 0.0568 e. The standard InChI is InChI=1S/C9H18O2/c1-7(6-10)5-9(3-4-9)8(2)11/h7-8,10-11H,3-6H2,1-2H3. The van der Waals surface area contributed by atoms with Gasteiger partial charge in [0.05, 0.1) is 6.10 Å². The van der Waals surface area contributed by atoms with E-state index in [-0.39, 0.29) is 18.1 Å². The van der Waals surface area contributed by atoms with Gasteiger partial charge in [-0.3, -0.25) is 0 Å². The number of hydrogen-bond acceptors (Lipinski definition) is 2. The molecule has 0 aromatic carbocycles. The highest BCUT2D eigenvalue weighted by Crippen LogP contribution is 2.53. The van der Waals surface area contributed by atoms with Crippen molar-refractivity contribution in [2.45, 2.75) is 39.2 Å². The largest absolute Gasteiger partial charge is 0.396 e. The van der Waals surface area contributed by atoms with Crippen molar-refractivity contribution in [2.24, 2.45) is 11.3 Å². The summed E-state index contributed by atoms with van der Waals surface area (Å²) in [7, 11) is 0. The molecule has 1 fully saturated rings. The molecular formula is C9H18O2. The van der Waals surface area contributed by atoms with Crippen LogP contribution in [-0.2, 0) is 0 Å². The van der Waals surface area contributed by atoms with Crippen LogP contribution in [0, 0.1) is 11.3 Å². The Kier molecular flexibility index (Phi) is 2.55. The van der Waals surface area contributed by atoms with Crippen molar-refractivity contribution in [3.63, 3.8) is 0 Å². The molecule has 0 bridgehead atoms. The molecule has 0 aromatic rings. The van der Waals surface area contributed by atoms with Crippen LogP contribution in [0.4, 0.5) is 0 Å². The van der Waals surface area contributed by atoms with Crippen molar-refractivity contribution in [2.75, 3.05) is 6.61 Å². The molecule has 0 amide bonds. The molecule has 11 heavy (non-hydrogen) atoms. The minimum absolute atomic E-state index is 0.169. The molecule has 1 saturated carbocycles. The van der Waals surface area contributed by atoms with Crippen molar-refractivity contribution in [1.29, 1.82) is 0 Å². The summed E-state index contributed by atoms with van der Waals surface area (Å²) in [5.74, 6) is 0.340. The molecule has 2 nitrogen and oxygen atoms in total. The first-order valence-corrected chi connectivity index (χ1v) is 4.39. The molecule has 1 aliphatic rings. The van der Waals surface area contributed by atoms with Gasteiger partial charge in [-0.1, -0.05) is 6.92 Å². The van der Waals surface area contributed by atoms with E-state index in [0.29, 0.717) is 5.92 Å². The zero-order valence-corrected chi connectivity index (χ0v) is 7.38. The Labute approximate surface area is 68.2 Å². The first kappa shape index (κ1) is 9.01. The van der Waals surface area contributed by atoms with Crippen LogP contribution in [0.3, 0.4) is 0 Å². The molecule has 2 heteroatoms. The molecule has 0 saturated heterocycles. The van der Waals surface area contributed by atoms with E-state index in [0.717, 1.165) is 19.3 Å². The SMILES string of the molecule is CC(CO)CC1(C(C)O)CC1. The summed E-state index contributed by atoms with van der Waals surface area (Å²) in [5.41, 5.74) is 0.169. The van der Waals surface area contributed by atoms with E-state index >= 15 is 0 Å². The summed E-state index contributed by atoms with van der Waals surface area (Å²) < 4.78 is 0. The van der Waals surface area contributed by atoms with E-state index in [2.05, 4.69) is 0 Å². The van der Waals surface area contributed by atoms with E-state index in [1.165, 1.54) is 0 Å². The van der Waals surface area contributed by atoms with Crippen LogP contribution in [0.2, 0.25) is 0 Å². The van der Waals surface area contributed by atoms with E-state index < -0.39 is 0 Å². The molecule has 66 valence electrons. The third-order valence-corrected chi connectivity index (χ3v) is 2.85. The Hall–Kier alpha value is -0.0800. The summed E-state index contributed by atoms with van der Waals surface area (Å²) in [5, 5.41) is 18.2. The molecule has 0 aromatic heterocycles. The van der Waals surface area contributed by atoms with Crippen molar-refractivity contribution >= 4 is 0 Å². The lowest BCUT2D eigenvalue weighted by Crippen LogP contribution is -2.21. The molecule has 2 unspecified atom stereocenters. The van der Waals surface area contributed by atoms with Gasteiger partial charge in [0.1, 0.15) is 0 Å². The molecular weight excluding hydrogens is 140 g/mol. The molecule has 0 aliphatic heterocycles. The van der Waals surface area contributed by atoms with Gasteiger partial charge in [0.15, 0.2) is 0 Å². The predicted molar refractivity (Wildman–Crippen MR) is 44.2 cm³/mol. The number of rotatable bonds is 4. The van der Waals surface area contributed by atoms with Gasteiger partial charge in [0.25, 0.3) is 0 Å². The van der Waals surface area contributed by atoms with Crippen LogP contribution in [-0.4, -0.2) is 22.9 Å². The van der Waals surface area contributed by atoms with Gasteiger partial charge in [0, 0.05) is 6.61 Å². The van der Waals surface area contributed by atoms with Crippen molar-refractivity contribution in [3.8, 4) is 0 Å².